The summed E-state index contributed by atoms with van der Waals surface area (Å²) in [4.78, 5) is 21.9. The number of carbonyl (C=O) groups excluding carboxylic acids is 1. The van der Waals surface area contributed by atoms with Crippen molar-refractivity contribution in [3.8, 4) is 0 Å². The van der Waals surface area contributed by atoms with Gasteiger partial charge in [-0.1, -0.05) is 12.1 Å². The molecular weight excluding hydrogens is 262 g/mol. The predicted octanol–water partition coefficient (Wildman–Crippen LogP) is 2.86. The van der Waals surface area contributed by atoms with Crippen LogP contribution in [0, 0.1) is 6.92 Å². The van der Waals surface area contributed by atoms with Crippen LogP contribution in [0.1, 0.15) is 28.9 Å². The molecule has 0 spiro atoms. The Balaban J connectivity index is 1.86. The van der Waals surface area contributed by atoms with Gasteiger partial charge >= 0.3 is 0 Å². The molecule has 3 rings (SSSR count). The van der Waals surface area contributed by atoms with E-state index in [1.807, 2.05) is 38.3 Å². The first-order chi connectivity index (χ1) is 10.1. The van der Waals surface area contributed by atoms with Gasteiger partial charge in [-0.3, -0.25) is 14.8 Å². The van der Waals surface area contributed by atoms with Crippen molar-refractivity contribution in [1.82, 2.24) is 9.97 Å². The van der Waals surface area contributed by atoms with Gasteiger partial charge in [0.15, 0.2) is 0 Å². The van der Waals surface area contributed by atoms with E-state index in [1.165, 1.54) is 5.56 Å². The van der Waals surface area contributed by atoms with Gasteiger partial charge in [-0.2, -0.15) is 0 Å². The van der Waals surface area contributed by atoms with E-state index >= 15 is 0 Å². The summed E-state index contributed by atoms with van der Waals surface area (Å²) in [6.45, 7) is 1.93. The zero-order valence-corrected chi connectivity index (χ0v) is 12.2. The van der Waals surface area contributed by atoms with Gasteiger partial charge in [0.25, 0.3) is 0 Å². The monoisotopic (exact) mass is 279 g/mol. The fraction of sp³-hybridized carbons (Fsp3) is 0.235. The molecule has 4 nitrogen and oxygen atoms in total. The highest BCUT2D eigenvalue weighted by molar-refractivity contribution is 5.96. The maximum Gasteiger partial charge on any atom is 0.227 e. The van der Waals surface area contributed by atoms with Crippen LogP contribution in [-0.4, -0.2) is 22.9 Å². The molecule has 0 radical (unpaired) electrons. The minimum Gasteiger partial charge on any atom is -0.315 e. The minimum absolute atomic E-state index is 0.181. The van der Waals surface area contributed by atoms with E-state index in [4.69, 9.17) is 0 Å². The number of aryl methyl sites for hydroxylation is 2. The summed E-state index contributed by atoms with van der Waals surface area (Å²) in [7, 11) is 1.83. The maximum atomic E-state index is 11.7. The molecule has 0 fully saturated rings. The number of aromatic nitrogens is 2. The van der Waals surface area contributed by atoms with Crippen molar-refractivity contribution in [2.24, 2.45) is 0 Å². The summed E-state index contributed by atoms with van der Waals surface area (Å²) in [6, 6.07) is 6.17. The van der Waals surface area contributed by atoms with Crippen molar-refractivity contribution in [3.63, 3.8) is 0 Å². The largest absolute Gasteiger partial charge is 0.315 e. The molecule has 2 heterocycles. The summed E-state index contributed by atoms with van der Waals surface area (Å²) < 4.78 is 0. The number of benzene rings is 1. The lowest BCUT2D eigenvalue weighted by Crippen LogP contribution is -2.30. The molecule has 0 aliphatic carbocycles. The van der Waals surface area contributed by atoms with Crippen molar-refractivity contribution in [1.29, 1.82) is 0 Å². The summed E-state index contributed by atoms with van der Waals surface area (Å²) in [5.41, 5.74) is 5.09. The summed E-state index contributed by atoms with van der Waals surface area (Å²) >= 11 is 0. The molecule has 0 atom stereocenters. The molecule has 1 aromatic carbocycles. The molecule has 0 N–H and O–H groups in total. The topological polar surface area (TPSA) is 46.1 Å². The number of hydrogen-bond donors (Lipinski definition) is 0. The van der Waals surface area contributed by atoms with Gasteiger partial charge in [-0.15, -0.1) is 0 Å². The van der Waals surface area contributed by atoms with Crippen LogP contribution in [0.3, 0.4) is 0 Å². The van der Waals surface area contributed by atoms with Gasteiger partial charge in [0.05, 0.1) is 17.6 Å². The zero-order chi connectivity index (χ0) is 14.8. The van der Waals surface area contributed by atoms with Gasteiger partial charge < -0.3 is 4.90 Å². The first-order valence-electron chi connectivity index (χ1n) is 7.00. The molecule has 4 heteroatoms. The number of fused-ring (bicyclic) bond motifs is 1. The summed E-state index contributed by atoms with van der Waals surface area (Å²) in [6.07, 6.45) is 8.86. The lowest BCUT2D eigenvalue weighted by Gasteiger charge is -2.25. The van der Waals surface area contributed by atoms with Crippen LogP contribution < -0.4 is 4.90 Å². The molecular formula is C17H17N3O. The number of carbonyl (C=O) groups is 1. The van der Waals surface area contributed by atoms with Crippen LogP contribution >= 0.6 is 0 Å². The van der Waals surface area contributed by atoms with Gasteiger partial charge in [-0.25, -0.2) is 0 Å². The van der Waals surface area contributed by atoms with E-state index in [9.17, 15) is 4.79 Å². The highest BCUT2D eigenvalue weighted by Gasteiger charge is 2.20. The standard InChI is InChI=1S/C17H17N3O/c1-12-10-18-11-15(19-12)6-3-13-4-7-16-14(9-13)5-8-17(21)20(16)2/h3-4,6-7,9-11H,5,8H2,1-2H3/b6-3+. The van der Waals surface area contributed by atoms with Crippen LogP contribution in [-0.2, 0) is 11.2 Å². The number of anilines is 1. The second-order valence-corrected chi connectivity index (χ2v) is 5.26. The highest BCUT2D eigenvalue weighted by Crippen LogP contribution is 2.28. The highest BCUT2D eigenvalue weighted by atomic mass is 16.2. The van der Waals surface area contributed by atoms with Crippen LogP contribution in [0.2, 0.25) is 0 Å². The first-order valence-corrected chi connectivity index (χ1v) is 7.00. The van der Waals surface area contributed by atoms with Crippen molar-refractivity contribution < 1.29 is 4.79 Å². The quantitative estimate of drug-likeness (QED) is 0.849. The molecule has 0 bridgehead atoms. The van der Waals surface area contributed by atoms with E-state index in [1.54, 1.807) is 17.3 Å². The van der Waals surface area contributed by atoms with Crippen LogP contribution in [0.15, 0.2) is 30.6 Å². The van der Waals surface area contributed by atoms with Crippen LogP contribution in [0.5, 0.6) is 0 Å². The summed E-state index contributed by atoms with van der Waals surface area (Å²) in [5.74, 6) is 0.181. The molecule has 2 aromatic rings. The molecule has 21 heavy (non-hydrogen) atoms. The molecule has 0 saturated carbocycles. The summed E-state index contributed by atoms with van der Waals surface area (Å²) in [5, 5.41) is 0. The zero-order valence-electron chi connectivity index (χ0n) is 12.2. The fourth-order valence-corrected chi connectivity index (χ4v) is 2.52. The molecule has 106 valence electrons. The second kappa shape index (κ2) is 5.48. The Morgan fingerprint density at radius 2 is 2.05 bits per heavy atom. The second-order valence-electron chi connectivity index (χ2n) is 5.26. The molecule has 1 aliphatic heterocycles. The third-order valence-corrected chi connectivity index (χ3v) is 3.67. The molecule has 1 aromatic heterocycles. The maximum absolute atomic E-state index is 11.7. The average molecular weight is 279 g/mol. The van der Waals surface area contributed by atoms with Gasteiger partial charge in [0, 0.05) is 25.4 Å². The number of rotatable bonds is 2. The normalized spacial score (nSPS) is 14.6. The Hall–Kier alpha value is -2.49. The smallest absolute Gasteiger partial charge is 0.227 e. The van der Waals surface area contributed by atoms with Crippen LogP contribution in [0.25, 0.3) is 12.2 Å². The van der Waals surface area contributed by atoms with Crippen molar-refractivity contribution in [2.45, 2.75) is 19.8 Å². The van der Waals surface area contributed by atoms with E-state index in [2.05, 4.69) is 16.0 Å². The fourth-order valence-electron chi connectivity index (χ4n) is 2.52. The Morgan fingerprint density at radius 3 is 2.86 bits per heavy atom. The number of amides is 1. The lowest BCUT2D eigenvalue weighted by atomic mass is 9.99. The number of nitrogens with zero attached hydrogens (tertiary/aromatic N) is 3. The van der Waals surface area contributed by atoms with E-state index in [0.29, 0.717) is 6.42 Å². The number of hydrogen-bond acceptors (Lipinski definition) is 3. The van der Waals surface area contributed by atoms with Gasteiger partial charge in [0.2, 0.25) is 5.91 Å². The SMILES string of the molecule is Cc1cncc(/C=C/c2ccc3c(c2)CCC(=O)N3C)n1. The Bertz CT molecular complexity index is 722. The van der Waals surface area contributed by atoms with Crippen molar-refractivity contribution in [2.75, 3.05) is 11.9 Å². The molecule has 0 unspecified atom stereocenters. The van der Waals surface area contributed by atoms with Crippen molar-refractivity contribution in [3.05, 3.63) is 53.1 Å². The third kappa shape index (κ3) is 2.84. The molecule has 0 saturated heterocycles. The van der Waals surface area contributed by atoms with Crippen molar-refractivity contribution >= 4 is 23.7 Å². The molecule has 1 aliphatic rings. The third-order valence-electron chi connectivity index (χ3n) is 3.67. The lowest BCUT2D eigenvalue weighted by molar-refractivity contribution is -0.118. The van der Waals surface area contributed by atoms with Crippen LogP contribution in [0.4, 0.5) is 5.69 Å². The van der Waals surface area contributed by atoms with Gasteiger partial charge in [-0.05, 0) is 42.7 Å². The first kappa shape index (κ1) is 13.5. The minimum atomic E-state index is 0.181. The van der Waals surface area contributed by atoms with E-state index < -0.39 is 0 Å². The molecule has 1 amide bonds. The Kier molecular flexibility index (Phi) is 3.52. The van der Waals surface area contributed by atoms with Gasteiger partial charge in [0.1, 0.15) is 0 Å². The van der Waals surface area contributed by atoms with E-state index in [-0.39, 0.29) is 5.91 Å². The average Bonchev–Trinajstić information content (AvgIpc) is 2.49. The Labute approximate surface area is 124 Å². The van der Waals surface area contributed by atoms with E-state index in [0.717, 1.165) is 29.1 Å². The Morgan fingerprint density at radius 1 is 1.19 bits per heavy atom. The predicted molar refractivity (Wildman–Crippen MR) is 83.9 cm³/mol.